The number of carbonyl (C=O) groups excluding carboxylic acids is 1. The fourth-order valence-electron chi connectivity index (χ4n) is 3.42. The molecule has 1 amide bonds. The van der Waals surface area contributed by atoms with Crippen LogP contribution in [0.15, 0.2) is 30.5 Å². The van der Waals surface area contributed by atoms with Crippen molar-refractivity contribution in [2.45, 2.75) is 64.6 Å². The summed E-state index contributed by atoms with van der Waals surface area (Å²) in [5, 5.41) is 4.30. The minimum atomic E-state index is -0.448. The number of amides is 1. The van der Waals surface area contributed by atoms with E-state index in [0.717, 1.165) is 19.3 Å². The number of ether oxygens (including phenoxy) is 1. The van der Waals surface area contributed by atoms with Crippen molar-refractivity contribution in [3.8, 4) is 0 Å². The largest absolute Gasteiger partial charge is 0.444 e. The van der Waals surface area contributed by atoms with Crippen molar-refractivity contribution in [2.75, 3.05) is 0 Å². The highest BCUT2D eigenvalue weighted by Crippen LogP contribution is 2.33. The second kappa shape index (κ2) is 5.91. The SMILES string of the molecule is Cc1ccc2c(ccn2[C@H]2CC[C@@H](NC(=O)OC(C)(C)C)C2)c1. The van der Waals surface area contributed by atoms with Gasteiger partial charge in [0.05, 0.1) is 0 Å². The van der Waals surface area contributed by atoms with E-state index < -0.39 is 5.60 Å². The van der Waals surface area contributed by atoms with Crippen molar-refractivity contribution in [3.05, 3.63) is 36.0 Å². The predicted octanol–water partition coefficient (Wildman–Crippen LogP) is 4.57. The number of hydrogen-bond acceptors (Lipinski definition) is 2. The van der Waals surface area contributed by atoms with Crippen molar-refractivity contribution in [1.82, 2.24) is 9.88 Å². The number of nitrogens with zero attached hydrogens (tertiary/aromatic N) is 1. The molecule has 0 radical (unpaired) electrons. The third-order valence-electron chi connectivity index (χ3n) is 4.40. The Hall–Kier alpha value is -1.97. The average Bonchev–Trinajstić information content (AvgIpc) is 3.02. The molecule has 0 aliphatic heterocycles. The Bertz CT molecular complexity index is 712. The summed E-state index contributed by atoms with van der Waals surface area (Å²) in [6.45, 7) is 7.78. The molecule has 1 aromatic carbocycles. The molecule has 0 unspecified atom stereocenters. The molecular weight excluding hydrogens is 288 g/mol. The number of aromatic nitrogens is 1. The minimum Gasteiger partial charge on any atom is -0.444 e. The van der Waals surface area contributed by atoms with Crippen LogP contribution in [0.5, 0.6) is 0 Å². The summed E-state index contributed by atoms with van der Waals surface area (Å²) in [7, 11) is 0. The molecule has 1 fully saturated rings. The van der Waals surface area contributed by atoms with Gasteiger partial charge >= 0.3 is 6.09 Å². The highest BCUT2D eigenvalue weighted by atomic mass is 16.6. The molecular formula is C19H26N2O2. The van der Waals surface area contributed by atoms with Crippen LogP contribution in [0.25, 0.3) is 10.9 Å². The topological polar surface area (TPSA) is 43.3 Å². The third kappa shape index (κ3) is 3.69. The van der Waals surface area contributed by atoms with Gasteiger partial charge in [0.25, 0.3) is 0 Å². The van der Waals surface area contributed by atoms with Crippen LogP contribution in [0.4, 0.5) is 4.79 Å². The quantitative estimate of drug-likeness (QED) is 0.882. The smallest absolute Gasteiger partial charge is 0.407 e. The number of benzene rings is 1. The summed E-state index contributed by atoms with van der Waals surface area (Å²) < 4.78 is 7.70. The Labute approximate surface area is 137 Å². The summed E-state index contributed by atoms with van der Waals surface area (Å²) >= 11 is 0. The molecule has 4 nitrogen and oxygen atoms in total. The van der Waals surface area contributed by atoms with Crippen molar-refractivity contribution in [3.63, 3.8) is 0 Å². The third-order valence-corrected chi connectivity index (χ3v) is 4.40. The molecule has 0 saturated heterocycles. The first-order valence-electron chi connectivity index (χ1n) is 8.38. The molecule has 1 saturated carbocycles. The molecule has 1 heterocycles. The maximum atomic E-state index is 11.9. The molecule has 23 heavy (non-hydrogen) atoms. The first-order chi connectivity index (χ1) is 10.8. The van der Waals surface area contributed by atoms with Crippen molar-refractivity contribution in [2.24, 2.45) is 0 Å². The molecule has 1 aliphatic carbocycles. The first-order valence-corrected chi connectivity index (χ1v) is 8.38. The van der Waals surface area contributed by atoms with Crippen LogP contribution < -0.4 is 5.32 Å². The highest BCUT2D eigenvalue weighted by molar-refractivity contribution is 5.81. The van der Waals surface area contributed by atoms with Crippen LogP contribution in [0, 0.1) is 6.92 Å². The summed E-state index contributed by atoms with van der Waals surface area (Å²) in [6.07, 6.45) is 4.89. The molecule has 3 rings (SSSR count). The lowest BCUT2D eigenvalue weighted by molar-refractivity contribution is 0.0505. The molecule has 2 aromatic rings. The van der Waals surface area contributed by atoms with Gasteiger partial charge in [0.2, 0.25) is 0 Å². The lowest BCUT2D eigenvalue weighted by Crippen LogP contribution is -2.38. The lowest BCUT2D eigenvalue weighted by atomic mass is 10.1. The van der Waals surface area contributed by atoms with Crippen LogP contribution in [0.3, 0.4) is 0 Å². The van der Waals surface area contributed by atoms with E-state index in [1.807, 2.05) is 20.8 Å². The van der Waals surface area contributed by atoms with Gasteiger partial charge in [0, 0.05) is 23.8 Å². The standard InChI is InChI=1S/C19H26N2O2/c1-13-5-8-17-14(11-13)9-10-21(17)16-7-6-15(12-16)20-18(22)23-19(2,3)4/h5,8-11,15-16H,6-7,12H2,1-4H3,(H,20,22)/t15-,16+/m1/s1. The fraction of sp³-hybridized carbons (Fsp3) is 0.526. The van der Waals surface area contributed by atoms with Crippen molar-refractivity contribution < 1.29 is 9.53 Å². The monoisotopic (exact) mass is 314 g/mol. The molecule has 0 bridgehead atoms. The number of fused-ring (bicyclic) bond motifs is 1. The van der Waals surface area contributed by atoms with Crippen LogP contribution in [0.2, 0.25) is 0 Å². The molecule has 1 aromatic heterocycles. The zero-order chi connectivity index (χ0) is 16.6. The second-order valence-electron chi connectivity index (χ2n) is 7.60. The van der Waals surface area contributed by atoms with Crippen LogP contribution in [0.1, 0.15) is 51.6 Å². The van der Waals surface area contributed by atoms with Crippen LogP contribution in [-0.4, -0.2) is 22.3 Å². The van der Waals surface area contributed by atoms with E-state index in [1.165, 1.54) is 16.5 Å². The van der Waals surface area contributed by atoms with Crippen molar-refractivity contribution in [1.29, 1.82) is 0 Å². The Morgan fingerprint density at radius 2 is 2.04 bits per heavy atom. The molecule has 0 spiro atoms. The Morgan fingerprint density at radius 3 is 2.78 bits per heavy atom. The van der Waals surface area contributed by atoms with Gasteiger partial charge in [0.1, 0.15) is 5.60 Å². The van der Waals surface area contributed by atoms with Crippen LogP contribution >= 0.6 is 0 Å². The maximum absolute atomic E-state index is 11.9. The molecule has 124 valence electrons. The van der Waals surface area contributed by atoms with Crippen LogP contribution in [-0.2, 0) is 4.74 Å². The zero-order valence-electron chi connectivity index (χ0n) is 14.4. The Balaban J connectivity index is 1.66. The van der Waals surface area contributed by atoms with Gasteiger partial charge < -0.3 is 14.6 Å². The number of rotatable bonds is 2. The van der Waals surface area contributed by atoms with Gasteiger partial charge in [-0.2, -0.15) is 0 Å². The summed E-state index contributed by atoms with van der Waals surface area (Å²) in [6, 6.07) is 9.38. The molecule has 1 aliphatic rings. The van der Waals surface area contributed by atoms with Gasteiger partial charge in [-0.05, 0) is 70.5 Å². The first kappa shape index (κ1) is 15.9. The van der Waals surface area contributed by atoms with Gasteiger partial charge in [-0.15, -0.1) is 0 Å². The van der Waals surface area contributed by atoms with Gasteiger partial charge in [0.15, 0.2) is 0 Å². The van der Waals surface area contributed by atoms with E-state index in [0.29, 0.717) is 6.04 Å². The van der Waals surface area contributed by atoms with E-state index in [1.54, 1.807) is 0 Å². The predicted molar refractivity (Wildman–Crippen MR) is 92.7 cm³/mol. The Kier molecular flexibility index (Phi) is 4.09. The van der Waals surface area contributed by atoms with E-state index >= 15 is 0 Å². The van der Waals surface area contributed by atoms with Gasteiger partial charge in [-0.3, -0.25) is 0 Å². The minimum absolute atomic E-state index is 0.192. The van der Waals surface area contributed by atoms with E-state index in [4.69, 9.17) is 4.74 Å². The summed E-state index contributed by atoms with van der Waals surface area (Å²) in [4.78, 5) is 11.9. The number of hydrogen-bond donors (Lipinski definition) is 1. The fourth-order valence-corrected chi connectivity index (χ4v) is 3.42. The van der Waals surface area contributed by atoms with E-state index in [-0.39, 0.29) is 12.1 Å². The number of alkyl carbamates (subject to hydrolysis) is 1. The summed E-state index contributed by atoms with van der Waals surface area (Å²) in [5.41, 5.74) is 2.11. The van der Waals surface area contributed by atoms with Gasteiger partial charge in [-0.1, -0.05) is 11.6 Å². The van der Waals surface area contributed by atoms with Crippen molar-refractivity contribution >= 4 is 17.0 Å². The molecule has 2 atom stereocenters. The lowest BCUT2D eigenvalue weighted by Gasteiger charge is -2.22. The Morgan fingerprint density at radius 1 is 1.26 bits per heavy atom. The maximum Gasteiger partial charge on any atom is 0.407 e. The number of nitrogens with one attached hydrogen (secondary N) is 1. The normalized spacial score (nSPS) is 21.6. The molecule has 4 heteroatoms. The second-order valence-corrected chi connectivity index (χ2v) is 7.60. The average molecular weight is 314 g/mol. The number of aryl methyl sites for hydroxylation is 1. The number of carbonyl (C=O) groups is 1. The molecule has 1 N–H and O–H groups in total. The zero-order valence-corrected chi connectivity index (χ0v) is 14.4. The summed E-state index contributed by atoms with van der Waals surface area (Å²) in [5.74, 6) is 0. The van der Waals surface area contributed by atoms with E-state index in [2.05, 4.69) is 47.3 Å². The van der Waals surface area contributed by atoms with E-state index in [9.17, 15) is 4.79 Å². The highest BCUT2D eigenvalue weighted by Gasteiger charge is 2.29. The van der Waals surface area contributed by atoms with Gasteiger partial charge in [-0.25, -0.2) is 4.79 Å².